The molecule has 0 bridgehead atoms. The number of halogens is 2. The van der Waals surface area contributed by atoms with Crippen LogP contribution in [0.2, 0.25) is 0 Å². The van der Waals surface area contributed by atoms with Gasteiger partial charge in [0.1, 0.15) is 11.6 Å². The van der Waals surface area contributed by atoms with Crippen LogP contribution in [0.15, 0.2) is 18.2 Å². The van der Waals surface area contributed by atoms with Crippen LogP contribution in [0.5, 0.6) is 0 Å². The second-order valence-electron chi connectivity index (χ2n) is 4.72. The Balaban J connectivity index is 2.07. The molecule has 1 aromatic carbocycles. The Bertz CT molecular complexity index is 550. The van der Waals surface area contributed by atoms with Crippen LogP contribution in [0, 0.1) is 17.6 Å². The number of nitrogens with one attached hydrogen (secondary N) is 1. The molecule has 2 rings (SSSR count). The van der Waals surface area contributed by atoms with Crippen molar-refractivity contribution in [2.24, 2.45) is 5.92 Å². The molecule has 2 unspecified atom stereocenters. The largest absolute Gasteiger partial charge is 0.481 e. The molecule has 0 aliphatic carbocycles. The molecule has 108 valence electrons. The number of anilines is 1. The van der Waals surface area contributed by atoms with Crippen LogP contribution < -0.4 is 5.32 Å². The Hall–Kier alpha value is -2.18. The fraction of sp³-hybridized carbons (Fsp3) is 0.385. The highest BCUT2D eigenvalue weighted by atomic mass is 19.1. The zero-order chi connectivity index (χ0) is 14.9. The molecule has 1 saturated heterocycles. The van der Waals surface area contributed by atoms with Crippen LogP contribution in [-0.4, -0.2) is 34.6 Å². The molecule has 0 saturated carbocycles. The number of hydrogen-bond donors (Lipinski definition) is 2. The minimum Gasteiger partial charge on any atom is -0.481 e. The van der Waals surface area contributed by atoms with E-state index in [-0.39, 0.29) is 12.2 Å². The number of carboxylic acid groups (broad SMARTS) is 1. The minimum absolute atomic E-state index is 0.137. The number of carbonyl (C=O) groups excluding carboxylic acids is 1. The van der Waals surface area contributed by atoms with Gasteiger partial charge in [0.25, 0.3) is 0 Å². The van der Waals surface area contributed by atoms with Gasteiger partial charge in [-0.2, -0.15) is 0 Å². The van der Waals surface area contributed by atoms with Crippen molar-refractivity contribution in [2.75, 3.05) is 11.9 Å². The normalized spacial score (nSPS) is 21.9. The quantitative estimate of drug-likeness (QED) is 0.875. The van der Waals surface area contributed by atoms with E-state index in [1.165, 1.54) is 4.90 Å². The Morgan fingerprint density at radius 2 is 2.10 bits per heavy atom. The van der Waals surface area contributed by atoms with E-state index in [4.69, 9.17) is 5.11 Å². The SMILES string of the molecule is CC1C(C(=O)O)CCN1C(=O)Nc1ccc(F)cc1F. The first kappa shape index (κ1) is 14.2. The second kappa shape index (κ2) is 5.44. The smallest absolute Gasteiger partial charge is 0.322 e. The van der Waals surface area contributed by atoms with Crippen LogP contribution in [0.25, 0.3) is 0 Å². The van der Waals surface area contributed by atoms with Crippen molar-refractivity contribution in [3.05, 3.63) is 29.8 Å². The molecule has 1 aliphatic heterocycles. The van der Waals surface area contributed by atoms with Crippen molar-refractivity contribution >= 4 is 17.7 Å². The van der Waals surface area contributed by atoms with Crippen molar-refractivity contribution in [2.45, 2.75) is 19.4 Å². The molecule has 0 radical (unpaired) electrons. The molecule has 2 amide bonds. The van der Waals surface area contributed by atoms with Gasteiger partial charge < -0.3 is 15.3 Å². The summed E-state index contributed by atoms with van der Waals surface area (Å²) in [7, 11) is 0. The summed E-state index contributed by atoms with van der Waals surface area (Å²) in [5.74, 6) is -3.19. The summed E-state index contributed by atoms with van der Waals surface area (Å²) in [4.78, 5) is 24.3. The molecule has 5 nitrogen and oxygen atoms in total. The Labute approximate surface area is 114 Å². The number of urea groups is 1. The predicted octanol–water partition coefficient (Wildman–Crippen LogP) is 2.29. The standard InChI is InChI=1S/C13H14F2N2O3/c1-7-9(12(18)19)4-5-17(7)13(20)16-11-3-2-8(14)6-10(11)15/h2-3,6-7,9H,4-5H2,1H3,(H,16,20)(H,18,19). The van der Waals surface area contributed by atoms with E-state index in [1.54, 1.807) is 6.92 Å². The van der Waals surface area contributed by atoms with Crippen LogP contribution in [-0.2, 0) is 4.79 Å². The molecule has 2 atom stereocenters. The molecule has 1 heterocycles. The van der Waals surface area contributed by atoms with Gasteiger partial charge in [0.2, 0.25) is 0 Å². The maximum absolute atomic E-state index is 13.4. The second-order valence-corrected chi connectivity index (χ2v) is 4.72. The van der Waals surface area contributed by atoms with Gasteiger partial charge in [0.05, 0.1) is 11.6 Å². The molecule has 1 fully saturated rings. The van der Waals surface area contributed by atoms with Crippen LogP contribution in [0.1, 0.15) is 13.3 Å². The lowest BCUT2D eigenvalue weighted by molar-refractivity contribution is -0.142. The lowest BCUT2D eigenvalue weighted by Gasteiger charge is -2.23. The van der Waals surface area contributed by atoms with Gasteiger partial charge in [0, 0.05) is 18.7 Å². The first-order valence-electron chi connectivity index (χ1n) is 6.15. The van der Waals surface area contributed by atoms with E-state index in [2.05, 4.69) is 5.32 Å². The van der Waals surface area contributed by atoms with Crippen molar-refractivity contribution < 1.29 is 23.5 Å². The molecular weight excluding hydrogens is 270 g/mol. The van der Waals surface area contributed by atoms with Gasteiger partial charge in [0.15, 0.2) is 0 Å². The average Bonchev–Trinajstić information content (AvgIpc) is 2.74. The molecule has 0 aromatic heterocycles. The molecule has 1 aromatic rings. The fourth-order valence-electron chi connectivity index (χ4n) is 2.33. The van der Waals surface area contributed by atoms with E-state index < -0.39 is 35.6 Å². The number of amides is 2. The van der Waals surface area contributed by atoms with Crippen molar-refractivity contribution in [3.63, 3.8) is 0 Å². The summed E-state index contributed by atoms with van der Waals surface area (Å²) < 4.78 is 26.2. The number of rotatable bonds is 2. The zero-order valence-corrected chi connectivity index (χ0v) is 10.8. The molecule has 2 N–H and O–H groups in total. The molecular formula is C13H14F2N2O3. The number of carboxylic acids is 1. The summed E-state index contributed by atoms with van der Waals surface area (Å²) in [6.45, 7) is 1.92. The van der Waals surface area contributed by atoms with E-state index in [9.17, 15) is 18.4 Å². The van der Waals surface area contributed by atoms with Crippen molar-refractivity contribution in [3.8, 4) is 0 Å². The Morgan fingerprint density at radius 3 is 2.65 bits per heavy atom. The third-order valence-electron chi connectivity index (χ3n) is 3.51. The predicted molar refractivity (Wildman–Crippen MR) is 67.3 cm³/mol. The lowest BCUT2D eigenvalue weighted by Crippen LogP contribution is -2.40. The maximum Gasteiger partial charge on any atom is 0.322 e. The van der Waals surface area contributed by atoms with Crippen molar-refractivity contribution in [1.29, 1.82) is 0 Å². The van der Waals surface area contributed by atoms with Gasteiger partial charge >= 0.3 is 12.0 Å². The van der Waals surface area contributed by atoms with E-state index >= 15 is 0 Å². The summed E-state index contributed by atoms with van der Waals surface area (Å²) in [6, 6.07) is 1.76. The summed E-state index contributed by atoms with van der Waals surface area (Å²) in [5, 5.41) is 11.3. The zero-order valence-electron chi connectivity index (χ0n) is 10.8. The number of aliphatic carboxylic acids is 1. The van der Waals surface area contributed by atoms with Gasteiger partial charge in [-0.15, -0.1) is 0 Å². The number of nitrogens with zero attached hydrogens (tertiary/aromatic N) is 1. The van der Waals surface area contributed by atoms with Gasteiger partial charge in [-0.1, -0.05) is 0 Å². The van der Waals surface area contributed by atoms with Crippen LogP contribution >= 0.6 is 0 Å². The minimum atomic E-state index is -0.958. The Kier molecular flexibility index (Phi) is 3.87. The summed E-state index contributed by atoms with van der Waals surface area (Å²) in [6.07, 6.45) is 0.357. The van der Waals surface area contributed by atoms with E-state index in [1.807, 2.05) is 0 Å². The molecule has 0 spiro atoms. The number of benzene rings is 1. The number of likely N-dealkylation sites (tertiary alicyclic amines) is 1. The highest BCUT2D eigenvalue weighted by Crippen LogP contribution is 2.25. The van der Waals surface area contributed by atoms with E-state index in [0.717, 1.165) is 12.1 Å². The first-order valence-corrected chi connectivity index (χ1v) is 6.15. The number of carbonyl (C=O) groups is 2. The Morgan fingerprint density at radius 1 is 1.40 bits per heavy atom. The monoisotopic (exact) mass is 284 g/mol. The van der Waals surface area contributed by atoms with Crippen LogP contribution in [0.3, 0.4) is 0 Å². The first-order chi connectivity index (χ1) is 9.40. The molecule has 7 heteroatoms. The van der Waals surface area contributed by atoms with E-state index in [0.29, 0.717) is 12.5 Å². The van der Waals surface area contributed by atoms with Gasteiger partial charge in [-0.3, -0.25) is 4.79 Å². The highest BCUT2D eigenvalue weighted by Gasteiger charge is 2.38. The molecule has 20 heavy (non-hydrogen) atoms. The maximum atomic E-state index is 13.4. The molecule has 1 aliphatic rings. The van der Waals surface area contributed by atoms with Gasteiger partial charge in [-0.25, -0.2) is 13.6 Å². The topological polar surface area (TPSA) is 69.6 Å². The highest BCUT2D eigenvalue weighted by molar-refractivity contribution is 5.90. The number of hydrogen-bond acceptors (Lipinski definition) is 2. The summed E-state index contributed by atoms with van der Waals surface area (Å²) in [5.41, 5.74) is -0.137. The van der Waals surface area contributed by atoms with Crippen molar-refractivity contribution in [1.82, 2.24) is 4.90 Å². The summed E-state index contributed by atoms with van der Waals surface area (Å²) >= 11 is 0. The third-order valence-corrected chi connectivity index (χ3v) is 3.51. The third kappa shape index (κ3) is 2.71. The van der Waals surface area contributed by atoms with Crippen LogP contribution in [0.4, 0.5) is 19.3 Å². The lowest BCUT2D eigenvalue weighted by atomic mass is 10.0. The average molecular weight is 284 g/mol. The fourth-order valence-corrected chi connectivity index (χ4v) is 2.33. The van der Waals surface area contributed by atoms with Gasteiger partial charge in [-0.05, 0) is 25.5 Å².